The maximum atomic E-state index is 14.1. The average molecular weight is 264 g/mol. The van der Waals surface area contributed by atoms with E-state index in [1.54, 1.807) is 6.07 Å². The van der Waals surface area contributed by atoms with Crippen molar-refractivity contribution in [2.75, 3.05) is 13.1 Å². The highest BCUT2D eigenvalue weighted by atomic mass is 19.1. The van der Waals surface area contributed by atoms with Crippen molar-refractivity contribution in [1.82, 2.24) is 4.90 Å². The SMILES string of the molecule is CCC(N)C(c1ccccc1F)N1CCCC(C)C1. The summed E-state index contributed by atoms with van der Waals surface area (Å²) in [7, 11) is 0. The Balaban J connectivity index is 2.28. The molecule has 1 heterocycles. The second-order valence-corrected chi connectivity index (χ2v) is 5.78. The van der Waals surface area contributed by atoms with E-state index in [1.807, 2.05) is 12.1 Å². The molecule has 0 radical (unpaired) electrons. The van der Waals surface area contributed by atoms with Gasteiger partial charge in [0.2, 0.25) is 0 Å². The first-order valence-corrected chi connectivity index (χ1v) is 7.37. The average Bonchev–Trinajstić information content (AvgIpc) is 2.41. The van der Waals surface area contributed by atoms with E-state index in [4.69, 9.17) is 5.73 Å². The quantitative estimate of drug-likeness (QED) is 0.903. The second-order valence-electron chi connectivity index (χ2n) is 5.78. The monoisotopic (exact) mass is 264 g/mol. The molecule has 2 N–H and O–H groups in total. The molecule has 3 atom stereocenters. The van der Waals surface area contributed by atoms with E-state index in [2.05, 4.69) is 18.7 Å². The Kier molecular flexibility index (Phi) is 4.94. The molecule has 3 heteroatoms. The summed E-state index contributed by atoms with van der Waals surface area (Å²) in [4.78, 5) is 2.38. The van der Waals surface area contributed by atoms with Gasteiger partial charge in [0.15, 0.2) is 0 Å². The van der Waals surface area contributed by atoms with Crippen molar-refractivity contribution < 1.29 is 4.39 Å². The zero-order chi connectivity index (χ0) is 13.8. The molecule has 1 fully saturated rings. The maximum absolute atomic E-state index is 14.1. The van der Waals surface area contributed by atoms with Crippen LogP contribution in [0.2, 0.25) is 0 Å². The van der Waals surface area contributed by atoms with Crippen LogP contribution in [0.25, 0.3) is 0 Å². The van der Waals surface area contributed by atoms with Gasteiger partial charge in [0.25, 0.3) is 0 Å². The van der Waals surface area contributed by atoms with Gasteiger partial charge in [0.05, 0.1) is 6.04 Å². The van der Waals surface area contributed by atoms with E-state index in [-0.39, 0.29) is 17.9 Å². The molecule has 0 aliphatic carbocycles. The Hall–Kier alpha value is -0.930. The predicted octanol–water partition coefficient (Wildman–Crippen LogP) is 3.34. The molecule has 0 bridgehead atoms. The van der Waals surface area contributed by atoms with Crippen LogP contribution in [0.4, 0.5) is 4.39 Å². The summed E-state index contributed by atoms with van der Waals surface area (Å²) in [6, 6.07) is 7.07. The van der Waals surface area contributed by atoms with Crippen LogP contribution < -0.4 is 5.73 Å². The Morgan fingerprint density at radius 2 is 2.16 bits per heavy atom. The Morgan fingerprint density at radius 1 is 1.42 bits per heavy atom. The summed E-state index contributed by atoms with van der Waals surface area (Å²) < 4.78 is 14.1. The molecule has 2 nitrogen and oxygen atoms in total. The summed E-state index contributed by atoms with van der Waals surface area (Å²) in [6.45, 7) is 6.39. The van der Waals surface area contributed by atoms with E-state index >= 15 is 0 Å². The number of rotatable bonds is 4. The predicted molar refractivity (Wildman–Crippen MR) is 77.4 cm³/mol. The van der Waals surface area contributed by atoms with E-state index in [0.717, 1.165) is 25.1 Å². The zero-order valence-electron chi connectivity index (χ0n) is 12.0. The summed E-state index contributed by atoms with van der Waals surface area (Å²) in [5.74, 6) is 0.543. The molecular formula is C16H25FN2. The fourth-order valence-electron chi connectivity index (χ4n) is 3.11. The summed E-state index contributed by atoms with van der Waals surface area (Å²) in [5, 5.41) is 0. The van der Waals surface area contributed by atoms with Crippen LogP contribution in [-0.2, 0) is 0 Å². The molecule has 0 saturated carbocycles. The van der Waals surface area contributed by atoms with E-state index in [9.17, 15) is 4.39 Å². The van der Waals surface area contributed by atoms with Gasteiger partial charge in [-0.05, 0) is 37.8 Å². The zero-order valence-corrected chi connectivity index (χ0v) is 12.0. The molecule has 1 aliphatic heterocycles. The minimum Gasteiger partial charge on any atom is -0.326 e. The number of piperidine rings is 1. The Morgan fingerprint density at radius 3 is 2.79 bits per heavy atom. The normalized spacial score (nSPS) is 24.1. The van der Waals surface area contributed by atoms with Gasteiger partial charge in [-0.25, -0.2) is 4.39 Å². The molecule has 1 aliphatic rings. The van der Waals surface area contributed by atoms with Crippen LogP contribution in [0.3, 0.4) is 0 Å². The lowest BCUT2D eigenvalue weighted by Crippen LogP contribution is -2.45. The van der Waals surface area contributed by atoms with Crippen molar-refractivity contribution in [1.29, 1.82) is 0 Å². The van der Waals surface area contributed by atoms with Crippen LogP contribution >= 0.6 is 0 Å². The maximum Gasteiger partial charge on any atom is 0.128 e. The standard InChI is InChI=1S/C16H25FN2/c1-3-15(18)16(13-8-4-5-9-14(13)17)19-10-6-7-12(2)11-19/h4-5,8-9,12,15-16H,3,6-7,10-11,18H2,1-2H3. The highest BCUT2D eigenvalue weighted by Gasteiger charge is 2.30. The van der Waals surface area contributed by atoms with Crippen LogP contribution in [0.1, 0.15) is 44.7 Å². The number of nitrogens with two attached hydrogens (primary N) is 1. The molecule has 0 amide bonds. The van der Waals surface area contributed by atoms with Crippen LogP contribution in [0.5, 0.6) is 0 Å². The van der Waals surface area contributed by atoms with Gasteiger partial charge in [-0.15, -0.1) is 0 Å². The molecule has 0 aromatic heterocycles. The molecule has 1 saturated heterocycles. The molecule has 1 aromatic rings. The molecule has 1 aromatic carbocycles. The van der Waals surface area contributed by atoms with E-state index < -0.39 is 0 Å². The van der Waals surface area contributed by atoms with Crippen LogP contribution in [0, 0.1) is 11.7 Å². The third-order valence-corrected chi connectivity index (χ3v) is 4.18. The second kappa shape index (κ2) is 6.49. The molecular weight excluding hydrogens is 239 g/mol. The third kappa shape index (κ3) is 3.34. The fraction of sp³-hybridized carbons (Fsp3) is 0.625. The van der Waals surface area contributed by atoms with Crippen LogP contribution in [0.15, 0.2) is 24.3 Å². The highest BCUT2D eigenvalue weighted by Crippen LogP contribution is 2.31. The van der Waals surface area contributed by atoms with Crippen LogP contribution in [-0.4, -0.2) is 24.0 Å². The smallest absolute Gasteiger partial charge is 0.128 e. The first kappa shape index (κ1) is 14.5. The molecule has 19 heavy (non-hydrogen) atoms. The minimum absolute atomic E-state index is 0.00829. The van der Waals surface area contributed by atoms with Crippen molar-refractivity contribution in [3.8, 4) is 0 Å². The lowest BCUT2D eigenvalue weighted by molar-refractivity contribution is 0.109. The summed E-state index contributed by atoms with van der Waals surface area (Å²) >= 11 is 0. The van der Waals surface area contributed by atoms with Crippen molar-refractivity contribution >= 4 is 0 Å². The van der Waals surface area contributed by atoms with Crippen molar-refractivity contribution in [3.05, 3.63) is 35.6 Å². The summed E-state index contributed by atoms with van der Waals surface area (Å²) in [5.41, 5.74) is 7.04. The summed E-state index contributed by atoms with van der Waals surface area (Å²) in [6.07, 6.45) is 3.31. The van der Waals surface area contributed by atoms with Gasteiger partial charge in [-0.1, -0.05) is 32.0 Å². The van der Waals surface area contributed by atoms with Gasteiger partial charge >= 0.3 is 0 Å². The third-order valence-electron chi connectivity index (χ3n) is 4.18. The van der Waals surface area contributed by atoms with Crippen molar-refractivity contribution in [3.63, 3.8) is 0 Å². The highest BCUT2D eigenvalue weighted by molar-refractivity contribution is 5.23. The number of nitrogens with zero attached hydrogens (tertiary/aromatic N) is 1. The first-order chi connectivity index (χ1) is 9.13. The largest absolute Gasteiger partial charge is 0.326 e. The lowest BCUT2D eigenvalue weighted by Gasteiger charge is -2.40. The minimum atomic E-state index is -0.130. The number of benzene rings is 1. The van der Waals surface area contributed by atoms with Gasteiger partial charge in [-0.3, -0.25) is 4.90 Å². The molecule has 106 valence electrons. The Labute approximate surface area is 115 Å². The van der Waals surface area contributed by atoms with E-state index in [1.165, 1.54) is 18.9 Å². The number of halogens is 1. The van der Waals surface area contributed by atoms with Gasteiger partial charge in [0.1, 0.15) is 5.82 Å². The number of hydrogen-bond acceptors (Lipinski definition) is 2. The van der Waals surface area contributed by atoms with Crippen molar-refractivity contribution in [2.24, 2.45) is 11.7 Å². The lowest BCUT2D eigenvalue weighted by atomic mass is 9.91. The fourth-order valence-corrected chi connectivity index (χ4v) is 3.11. The first-order valence-electron chi connectivity index (χ1n) is 7.37. The van der Waals surface area contributed by atoms with Gasteiger partial charge < -0.3 is 5.73 Å². The number of likely N-dealkylation sites (tertiary alicyclic amines) is 1. The van der Waals surface area contributed by atoms with Crippen molar-refractivity contribution in [2.45, 2.75) is 45.2 Å². The number of hydrogen-bond donors (Lipinski definition) is 1. The Bertz CT molecular complexity index is 407. The molecule has 3 unspecified atom stereocenters. The van der Waals surface area contributed by atoms with E-state index in [0.29, 0.717) is 5.92 Å². The topological polar surface area (TPSA) is 29.3 Å². The molecule has 2 rings (SSSR count). The van der Waals surface area contributed by atoms with Gasteiger partial charge in [0, 0.05) is 18.2 Å². The van der Waals surface area contributed by atoms with Gasteiger partial charge in [-0.2, -0.15) is 0 Å². The molecule has 0 spiro atoms.